The summed E-state index contributed by atoms with van der Waals surface area (Å²) >= 11 is 2.92. The fraction of sp³-hybridized carbons (Fsp3) is 0. The van der Waals surface area contributed by atoms with Crippen LogP contribution in [0.3, 0.4) is 0 Å². The van der Waals surface area contributed by atoms with E-state index < -0.39 is 5.97 Å². The van der Waals surface area contributed by atoms with Gasteiger partial charge in [0.15, 0.2) is 0 Å². The quantitative estimate of drug-likeness (QED) is 0.785. The van der Waals surface area contributed by atoms with Crippen molar-refractivity contribution in [1.29, 1.82) is 5.26 Å². The predicted octanol–water partition coefficient (Wildman–Crippen LogP) is 1.72. The number of aromatic hydroxyl groups is 1. The Labute approximate surface area is 82.2 Å². The summed E-state index contributed by atoms with van der Waals surface area (Å²) in [5.41, 5.74) is -0.209. The highest BCUT2D eigenvalue weighted by molar-refractivity contribution is 9.10. The molecule has 4 nitrogen and oxygen atoms in total. The van der Waals surface area contributed by atoms with Crippen molar-refractivity contribution in [3.63, 3.8) is 0 Å². The second kappa shape index (κ2) is 3.46. The van der Waals surface area contributed by atoms with Crippen LogP contribution in [0.1, 0.15) is 15.9 Å². The largest absolute Gasteiger partial charge is 0.507 e. The fourth-order valence-corrected chi connectivity index (χ4v) is 1.29. The van der Waals surface area contributed by atoms with Crippen LogP contribution < -0.4 is 0 Å². The molecule has 0 unspecified atom stereocenters. The van der Waals surface area contributed by atoms with Crippen LogP contribution in [0.2, 0.25) is 0 Å². The molecule has 66 valence electrons. The van der Waals surface area contributed by atoms with Crippen molar-refractivity contribution in [2.75, 3.05) is 0 Å². The molecule has 0 radical (unpaired) electrons. The number of benzene rings is 1. The first-order valence-corrected chi connectivity index (χ1v) is 4.02. The number of phenols is 1. The van der Waals surface area contributed by atoms with Gasteiger partial charge in [-0.25, -0.2) is 4.79 Å². The second-order valence-corrected chi connectivity index (χ2v) is 3.03. The van der Waals surface area contributed by atoms with Gasteiger partial charge >= 0.3 is 5.97 Å². The van der Waals surface area contributed by atoms with E-state index in [4.69, 9.17) is 15.5 Å². The van der Waals surface area contributed by atoms with E-state index in [0.717, 1.165) is 0 Å². The molecule has 0 aliphatic carbocycles. The number of halogens is 1. The molecule has 0 fully saturated rings. The summed E-state index contributed by atoms with van der Waals surface area (Å²) in [5, 5.41) is 26.4. The van der Waals surface area contributed by atoms with Crippen molar-refractivity contribution in [2.24, 2.45) is 0 Å². The molecule has 0 saturated carbocycles. The Balaban J connectivity index is 3.50. The van der Waals surface area contributed by atoms with Gasteiger partial charge < -0.3 is 10.2 Å². The first kappa shape index (κ1) is 9.55. The highest BCUT2D eigenvalue weighted by atomic mass is 79.9. The molecule has 1 rings (SSSR count). The Bertz CT molecular complexity index is 409. The molecule has 0 bridgehead atoms. The third kappa shape index (κ3) is 1.63. The van der Waals surface area contributed by atoms with E-state index in [-0.39, 0.29) is 21.3 Å². The van der Waals surface area contributed by atoms with Gasteiger partial charge in [0, 0.05) is 0 Å². The van der Waals surface area contributed by atoms with E-state index >= 15 is 0 Å². The molecular weight excluding hydrogens is 238 g/mol. The van der Waals surface area contributed by atoms with Crippen LogP contribution in [-0.2, 0) is 0 Å². The van der Waals surface area contributed by atoms with Gasteiger partial charge in [-0.2, -0.15) is 5.26 Å². The van der Waals surface area contributed by atoms with Crippen molar-refractivity contribution in [3.05, 3.63) is 27.7 Å². The molecule has 0 saturated heterocycles. The molecule has 5 heteroatoms. The zero-order valence-electron chi connectivity index (χ0n) is 6.28. The van der Waals surface area contributed by atoms with Crippen molar-refractivity contribution >= 4 is 21.9 Å². The van der Waals surface area contributed by atoms with E-state index in [2.05, 4.69) is 15.9 Å². The van der Waals surface area contributed by atoms with Gasteiger partial charge in [-0.1, -0.05) is 0 Å². The Morgan fingerprint density at radius 1 is 1.54 bits per heavy atom. The topological polar surface area (TPSA) is 81.3 Å². The molecule has 0 heterocycles. The van der Waals surface area contributed by atoms with Crippen LogP contribution in [0.25, 0.3) is 0 Å². The van der Waals surface area contributed by atoms with E-state index in [0.29, 0.717) is 0 Å². The molecule has 0 aliphatic heterocycles. The molecule has 1 aromatic rings. The maximum absolute atomic E-state index is 10.6. The van der Waals surface area contributed by atoms with Crippen LogP contribution >= 0.6 is 15.9 Å². The van der Waals surface area contributed by atoms with Crippen LogP contribution in [-0.4, -0.2) is 16.2 Å². The summed E-state index contributed by atoms with van der Waals surface area (Å²) in [6.45, 7) is 0. The van der Waals surface area contributed by atoms with Crippen LogP contribution in [0, 0.1) is 11.3 Å². The summed E-state index contributed by atoms with van der Waals surface area (Å²) < 4.78 is 0.106. The fourth-order valence-electron chi connectivity index (χ4n) is 0.853. The number of carbonyl (C=O) groups is 1. The van der Waals surface area contributed by atoms with Gasteiger partial charge in [0.05, 0.1) is 15.6 Å². The van der Waals surface area contributed by atoms with E-state index in [1.807, 2.05) is 0 Å². The lowest BCUT2D eigenvalue weighted by Gasteiger charge is -2.02. The lowest BCUT2D eigenvalue weighted by atomic mass is 10.1. The number of carboxylic acid groups (broad SMARTS) is 1. The maximum Gasteiger partial charge on any atom is 0.337 e. The Hall–Kier alpha value is -1.54. The minimum absolute atomic E-state index is 0.0764. The minimum Gasteiger partial charge on any atom is -0.507 e. The summed E-state index contributed by atoms with van der Waals surface area (Å²) in [6, 6.07) is 4.10. The number of nitriles is 1. The van der Waals surface area contributed by atoms with Crippen LogP contribution in [0.4, 0.5) is 0 Å². The van der Waals surface area contributed by atoms with Gasteiger partial charge in [-0.05, 0) is 28.1 Å². The number of hydrogen-bond acceptors (Lipinski definition) is 3. The lowest BCUT2D eigenvalue weighted by Crippen LogP contribution is -2.00. The molecule has 0 spiro atoms. The molecule has 0 atom stereocenters. The first-order chi connectivity index (χ1) is 6.07. The monoisotopic (exact) mass is 241 g/mol. The number of hydrogen-bond donors (Lipinski definition) is 2. The molecule has 0 aromatic heterocycles. The average Bonchev–Trinajstić information content (AvgIpc) is 2.09. The normalized spacial score (nSPS) is 9.23. The smallest absolute Gasteiger partial charge is 0.337 e. The summed E-state index contributed by atoms with van der Waals surface area (Å²) in [4.78, 5) is 10.6. The lowest BCUT2D eigenvalue weighted by molar-refractivity contribution is 0.0696. The van der Waals surface area contributed by atoms with E-state index in [1.165, 1.54) is 12.1 Å². The summed E-state index contributed by atoms with van der Waals surface area (Å²) in [6.07, 6.45) is 0. The van der Waals surface area contributed by atoms with Gasteiger partial charge in [-0.15, -0.1) is 0 Å². The van der Waals surface area contributed by atoms with Gasteiger partial charge in [0.2, 0.25) is 0 Å². The van der Waals surface area contributed by atoms with Gasteiger partial charge in [0.25, 0.3) is 0 Å². The highest BCUT2D eigenvalue weighted by Crippen LogP contribution is 2.29. The summed E-state index contributed by atoms with van der Waals surface area (Å²) in [5.74, 6) is -1.35. The Morgan fingerprint density at radius 3 is 2.62 bits per heavy atom. The number of phenolic OH excluding ortho intramolecular Hbond substituents is 1. The highest BCUT2D eigenvalue weighted by Gasteiger charge is 2.15. The molecule has 0 amide bonds. The Morgan fingerprint density at radius 2 is 2.15 bits per heavy atom. The molecular formula is C8H4BrNO3. The Kier molecular flexibility index (Phi) is 2.54. The zero-order valence-corrected chi connectivity index (χ0v) is 7.87. The number of aromatic carboxylic acids is 1. The van der Waals surface area contributed by atoms with Crippen molar-refractivity contribution in [3.8, 4) is 11.8 Å². The standard InChI is InChI=1S/C8H4BrNO3/c9-7-5(3-10)4(8(12)13)1-2-6(7)11/h1-2,11H,(H,12,13). The SMILES string of the molecule is N#Cc1c(C(=O)O)ccc(O)c1Br. The van der Waals surface area contributed by atoms with Crippen molar-refractivity contribution in [2.45, 2.75) is 0 Å². The molecule has 1 aromatic carbocycles. The summed E-state index contributed by atoms with van der Waals surface area (Å²) in [7, 11) is 0. The predicted molar refractivity (Wildman–Crippen MR) is 47.5 cm³/mol. The second-order valence-electron chi connectivity index (χ2n) is 2.24. The average molecular weight is 242 g/mol. The van der Waals surface area contributed by atoms with Gasteiger partial charge in [-0.3, -0.25) is 0 Å². The third-order valence-corrected chi connectivity index (χ3v) is 2.27. The first-order valence-electron chi connectivity index (χ1n) is 3.22. The maximum atomic E-state index is 10.6. The third-order valence-electron chi connectivity index (χ3n) is 1.46. The van der Waals surface area contributed by atoms with Crippen LogP contribution in [0.15, 0.2) is 16.6 Å². The number of carboxylic acids is 1. The van der Waals surface area contributed by atoms with Crippen molar-refractivity contribution in [1.82, 2.24) is 0 Å². The zero-order chi connectivity index (χ0) is 10.0. The minimum atomic E-state index is -1.20. The van der Waals surface area contributed by atoms with E-state index in [9.17, 15) is 4.79 Å². The van der Waals surface area contributed by atoms with E-state index in [1.54, 1.807) is 6.07 Å². The number of rotatable bonds is 1. The van der Waals surface area contributed by atoms with Gasteiger partial charge in [0.1, 0.15) is 11.8 Å². The molecule has 13 heavy (non-hydrogen) atoms. The van der Waals surface area contributed by atoms with Crippen molar-refractivity contribution < 1.29 is 15.0 Å². The molecule has 2 N–H and O–H groups in total. The van der Waals surface area contributed by atoms with Crippen LogP contribution in [0.5, 0.6) is 5.75 Å². The number of nitrogens with zero attached hydrogens (tertiary/aromatic N) is 1. The molecule has 0 aliphatic rings.